The molecule has 20 heavy (non-hydrogen) atoms. The van der Waals surface area contributed by atoms with Crippen LogP contribution in [0.3, 0.4) is 0 Å². The highest BCUT2D eigenvalue weighted by Gasteiger charge is 2.18. The van der Waals surface area contributed by atoms with E-state index in [1.807, 2.05) is 6.92 Å². The summed E-state index contributed by atoms with van der Waals surface area (Å²) in [4.78, 5) is 0.871. The number of ether oxygens (including phenoxy) is 1. The first-order chi connectivity index (χ1) is 9.46. The minimum atomic E-state index is -3.59. The average molecular weight is 312 g/mol. The van der Waals surface area contributed by atoms with E-state index in [1.54, 1.807) is 30.3 Å². The molecule has 0 saturated heterocycles. The predicted molar refractivity (Wildman–Crippen MR) is 80.7 cm³/mol. The van der Waals surface area contributed by atoms with Crippen LogP contribution in [0.15, 0.2) is 34.5 Å². The van der Waals surface area contributed by atoms with Gasteiger partial charge in [0.25, 0.3) is 10.0 Å². The molecule has 2 aromatic rings. The van der Waals surface area contributed by atoms with Gasteiger partial charge in [-0.15, -0.1) is 11.3 Å². The summed E-state index contributed by atoms with van der Waals surface area (Å²) >= 11 is 1.19. The van der Waals surface area contributed by atoms with E-state index < -0.39 is 10.0 Å². The Labute approximate surface area is 122 Å². The number of thiophene rings is 1. The molecule has 0 fully saturated rings. The lowest BCUT2D eigenvalue weighted by Crippen LogP contribution is -2.11. The Morgan fingerprint density at radius 3 is 2.70 bits per heavy atom. The molecule has 108 valence electrons. The van der Waals surface area contributed by atoms with Crippen molar-refractivity contribution in [3.63, 3.8) is 0 Å². The molecule has 0 spiro atoms. The van der Waals surface area contributed by atoms with Crippen molar-refractivity contribution in [3.05, 3.63) is 40.8 Å². The SMILES string of the molecule is COc1cccc(NS(=O)(=O)c2cc(C)c(CN)s2)c1. The molecule has 0 amide bonds. The highest BCUT2D eigenvalue weighted by molar-refractivity contribution is 7.94. The third-order valence-electron chi connectivity index (χ3n) is 2.77. The van der Waals surface area contributed by atoms with Gasteiger partial charge in [-0.25, -0.2) is 8.42 Å². The van der Waals surface area contributed by atoms with E-state index in [2.05, 4.69) is 4.72 Å². The third-order valence-corrected chi connectivity index (χ3v) is 5.88. The zero-order valence-corrected chi connectivity index (χ0v) is 12.8. The molecule has 0 radical (unpaired) electrons. The minimum Gasteiger partial charge on any atom is -0.497 e. The highest BCUT2D eigenvalue weighted by atomic mass is 32.2. The third kappa shape index (κ3) is 3.12. The monoisotopic (exact) mass is 312 g/mol. The summed E-state index contributed by atoms with van der Waals surface area (Å²) in [6, 6.07) is 8.41. The van der Waals surface area contributed by atoms with Gasteiger partial charge in [-0.3, -0.25) is 4.72 Å². The van der Waals surface area contributed by atoms with Crippen molar-refractivity contribution in [2.75, 3.05) is 11.8 Å². The summed E-state index contributed by atoms with van der Waals surface area (Å²) in [7, 11) is -2.06. The number of anilines is 1. The first-order valence-corrected chi connectivity index (χ1v) is 8.22. The smallest absolute Gasteiger partial charge is 0.271 e. The van der Waals surface area contributed by atoms with Crippen LogP contribution in [0.4, 0.5) is 5.69 Å². The van der Waals surface area contributed by atoms with Gasteiger partial charge in [-0.2, -0.15) is 0 Å². The van der Waals surface area contributed by atoms with E-state index in [9.17, 15) is 8.42 Å². The van der Waals surface area contributed by atoms with Crippen LogP contribution < -0.4 is 15.2 Å². The van der Waals surface area contributed by atoms with Crippen molar-refractivity contribution in [2.24, 2.45) is 5.73 Å². The number of hydrogen-bond acceptors (Lipinski definition) is 5. The summed E-state index contributed by atoms with van der Waals surface area (Å²) in [5.74, 6) is 0.593. The number of rotatable bonds is 5. The summed E-state index contributed by atoms with van der Waals surface area (Å²) < 4.78 is 32.5. The quantitative estimate of drug-likeness (QED) is 0.888. The molecule has 0 aliphatic rings. The van der Waals surface area contributed by atoms with Gasteiger partial charge in [-0.1, -0.05) is 6.07 Å². The number of sulfonamides is 1. The fourth-order valence-corrected chi connectivity index (χ4v) is 4.23. The molecule has 0 saturated carbocycles. The van der Waals surface area contributed by atoms with E-state index in [0.29, 0.717) is 18.0 Å². The van der Waals surface area contributed by atoms with Crippen molar-refractivity contribution in [1.82, 2.24) is 0 Å². The van der Waals surface area contributed by atoms with Crippen LogP contribution in [-0.4, -0.2) is 15.5 Å². The number of nitrogens with one attached hydrogen (secondary N) is 1. The molecule has 0 atom stereocenters. The number of benzene rings is 1. The van der Waals surface area contributed by atoms with Crippen LogP contribution in [0.1, 0.15) is 10.4 Å². The molecule has 2 rings (SSSR count). The molecule has 1 aromatic heterocycles. The molecule has 7 heteroatoms. The van der Waals surface area contributed by atoms with Crippen LogP contribution in [0.5, 0.6) is 5.75 Å². The number of nitrogens with two attached hydrogens (primary N) is 1. The summed E-state index contributed by atoms with van der Waals surface area (Å²) in [6.07, 6.45) is 0. The topological polar surface area (TPSA) is 81.4 Å². The maximum absolute atomic E-state index is 12.3. The molecule has 0 aliphatic carbocycles. The minimum absolute atomic E-state index is 0.262. The van der Waals surface area contributed by atoms with Crippen LogP contribution in [0.2, 0.25) is 0 Å². The Balaban J connectivity index is 2.30. The summed E-state index contributed by atoms with van der Waals surface area (Å²) in [6.45, 7) is 2.19. The standard InChI is InChI=1S/C13H16N2O3S2/c1-9-6-13(19-12(9)8-14)20(16,17)15-10-4-3-5-11(7-10)18-2/h3-7,15H,8,14H2,1-2H3. The van der Waals surface area contributed by atoms with E-state index in [1.165, 1.54) is 18.4 Å². The van der Waals surface area contributed by atoms with Crippen molar-refractivity contribution < 1.29 is 13.2 Å². The first kappa shape index (κ1) is 14.8. The Morgan fingerprint density at radius 1 is 1.35 bits per heavy atom. The lowest BCUT2D eigenvalue weighted by Gasteiger charge is -2.07. The van der Waals surface area contributed by atoms with Crippen molar-refractivity contribution in [1.29, 1.82) is 0 Å². The molecular formula is C13H16N2O3S2. The largest absolute Gasteiger partial charge is 0.497 e. The Bertz CT molecular complexity index is 708. The molecule has 0 bridgehead atoms. The molecule has 3 N–H and O–H groups in total. The van der Waals surface area contributed by atoms with Gasteiger partial charge in [-0.05, 0) is 30.7 Å². The molecule has 1 heterocycles. The fourth-order valence-electron chi connectivity index (χ4n) is 1.72. The summed E-state index contributed by atoms with van der Waals surface area (Å²) in [5, 5.41) is 0. The van der Waals surface area contributed by atoms with Gasteiger partial charge in [0.1, 0.15) is 9.96 Å². The van der Waals surface area contributed by atoms with Crippen molar-refractivity contribution in [3.8, 4) is 5.75 Å². The second-order valence-corrected chi connectivity index (χ2v) is 7.26. The van der Waals surface area contributed by atoms with Gasteiger partial charge in [0, 0.05) is 17.5 Å². The molecule has 1 aromatic carbocycles. The highest BCUT2D eigenvalue weighted by Crippen LogP contribution is 2.28. The maximum atomic E-state index is 12.3. The van der Waals surface area contributed by atoms with Crippen molar-refractivity contribution in [2.45, 2.75) is 17.7 Å². The van der Waals surface area contributed by atoms with Gasteiger partial charge < -0.3 is 10.5 Å². The molecule has 0 aliphatic heterocycles. The second-order valence-electron chi connectivity index (χ2n) is 4.21. The number of aryl methyl sites for hydroxylation is 1. The number of methoxy groups -OCH3 is 1. The van der Waals surface area contributed by atoms with E-state index in [-0.39, 0.29) is 4.21 Å². The van der Waals surface area contributed by atoms with Crippen LogP contribution in [0.25, 0.3) is 0 Å². The molecule has 5 nitrogen and oxygen atoms in total. The zero-order chi connectivity index (χ0) is 14.8. The van der Waals surface area contributed by atoms with Crippen molar-refractivity contribution >= 4 is 27.0 Å². The fraction of sp³-hybridized carbons (Fsp3) is 0.231. The average Bonchev–Trinajstić information content (AvgIpc) is 2.80. The molecule has 0 unspecified atom stereocenters. The van der Waals surface area contributed by atoms with Crippen LogP contribution >= 0.6 is 11.3 Å². The first-order valence-electron chi connectivity index (χ1n) is 5.92. The maximum Gasteiger partial charge on any atom is 0.271 e. The zero-order valence-electron chi connectivity index (χ0n) is 11.2. The van der Waals surface area contributed by atoms with Gasteiger partial charge >= 0.3 is 0 Å². The second kappa shape index (κ2) is 5.82. The number of hydrogen-bond donors (Lipinski definition) is 2. The normalized spacial score (nSPS) is 11.3. The van der Waals surface area contributed by atoms with E-state index in [4.69, 9.17) is 10.5 Å². The Hall–Kier alpha value is -1.57. The van der Waals surface area contributed by atoms with E-state index in [0.717, 1.165) is 10.4 Å². The predicted octanol–water partition coefficient (Wildman–Crippen LogP) is 2.32. The van der Waals surface area contributed by atoms with Gasteiger partial charge in [0.15, 0.2) is 0 Å². The summed E-state index contributed by atoms with van der Waals surface area (Å²) in [5.41, 5.74) is 6.93. The lowest BCUT2D eigenvalue weighted by atomic mass is 10.3. The Kier molecular flexibility index (Phi) is 4.32. The van der Waals surface area contributed by atoms with Gasteiger partial charge in [0.2, 0.25) is 0 Å². The van der Waals surface area contributed by atoms with Gasteiger partial charge in [0.05, 0.1) is 12.8 Å². The van der Waals surface area contributed by atoms with Crippen LogP contribution in [-0.2, 0) is 16.6 Å². The Morgan fingerprint density at radius 2 is 2.10 bits per heavy atom. The molecular weight excluding hydrogens is 296 g/mol. The van der Waals surface area contributed by atoms with Crippen LogP contribution in [0, 0.1) is 6.92 Å². The lowest BCUT2D eigenvalue weighted by molar-refractivity contribution is 0.415. The van der Waals surface area contributed by atoms with E-state index >= 15 is 0 Å².